The molecule has 3 heteroatoms. The molecule has 1 amide bonds. The Hall–Kier alpha value is -0.570. The first-order valence-electron chi connectivity index (χ1n) is 9.17. The second-order valence-electron chi connectivity index (χ2n) is 7.91. The molecule has 0 aromatic rings. The highest BCUT2D eigenvalue weighted by molar-refractivity contribution is 5.76. The summed E-state index contributed by atoms with van der Waals surface area (Å²) in [5.41, 5.74) is 0.504. The number of hydrogen-bond donors (Lipinski definition) is 1. The van der Waals surface area contributed by atoms with Crippen LogP contribution in [-0.2, 0) is 4.79 Å². The molecule has 3 aliphatic rings. The number of piperidine rings is 1. The molecule has 1 saturated carbocycles. The highest BCUT2D eigenvalue weighted by atomic mass is 16.2. The molecule has 2 aliphatic heterocycles. The Balaban J connectivity index is 1.49. The monoisotopic (exact) mass is 292 g/mol. The maximum atomic E-state index is 12.6. The van der Waals surface area contributed by atoms with Gasteiger partial charge in [0.15, 0.2) is 0 Å². The predicted molar refractivity (Wildman–Crippen MR) is 86.1 cm³/mol. The van der Waals surface area contributed by atoms with Crippen molar-refractivity contribution in [2.24, 2.45) is 17.3 Å². The third-order valence-corrected chi connectivity index (χ3v) is 6.34. The average Bonchev–Trinajstić information content (AvgIpc) is 2.92. The van der Waals surface area contributed by atoms with E-state index in [0.29, 0.717) is 23.2 Å². The molecule has 1 spiro atoms. The Morgan fingerprint density at radius 3 is 2.76 bits per heavy atom. The van der Waals surface area contributed by atoms with Crippen LogP contribution in [0.3, 0.4) is 0 Å². The maximum absolute atomic E-state index is 12.6. The van der Waals surface area contributed by atoms with Gasteiger partial charge in [0.05, 0.1) is 0 Å². The van der Waals surface area contributed by atoms with Gasteiger partial charge in [0.25, 0.3) is 0 Å². The normalized spacial score (nSPS) is 30.5. The molecule has 0 radical (unpaired) electrons. The van der Waals surface area contributed by atoms with Crippen molar-refractivity contribution in [2.45, 2.75) is 64.7 Å². The Morgan fingerprint density at radius 1 is 1.24 bits per heavy atom. The van der Waals surface area contributed by atoms with E-state index in [1.165, 1.54) is 51.4 Å². The molecule has 0 aromatic carbocycles. The van der Waals surface area contributed by atoms with E-state index in [-0.39, 0.29) is 0 Å². The summed E-state index contributed by atoms with van der Waals surface area (Å²) in [6, 6.07) is 0. The Morgan fingerprint density at radius 2 is 2.05 bits per heavy atom. The highest BCUT2D eigenvalue weighted by Gasteiger charge is 2.40. The largest absolute Gasteiger partial charge is 0.342 e. The lowest BCUT2D eigenvalue weighted by molar-refractivity contribution is -0.132. The fourth-order valence-electron chi connectivity index (χ4n) is 4.79. The van der Waals surface area contributed by atoms with Crippen molar-refractivity contribution < 1.29 is 4.79 Å². The van der Waals surface area contributed by atoms with Crippen molar-refractivity contribution in [1.82, 2.24) is 10.2 Å². The second kappa shape index (κ2) is 6.68. The molecular formula is C18H32N2O. The van der Waals surface area contributed by atoms with Gasteiger partial charge in [-0.15, -0.1) is 0 Å². The molecule has 2 atom stereocenters. The van der Waals surface area contributed by atoms with Crippen LogP contribution in [0.15, 0.2) is 0 Å². The van der Waals surface area contributed by atoms with Gasteiger partial charge >= 0.3 is 0 Å². The summed E-state index contributed by atoms with van der Waals surface area (Å²) in [5.74, 6) is 1.66. The van der Waals surface area contributed by atoms with E-state index < -0.39 is 0 Å². The van der Waals surface area contributed by atoms with E-state index in [9.17, 15) is 4.79 Å². The number of nitrogens with one attached hydrogen (secondary N) is 1. The van der Waals surface area contributed by atoms with Crippen molar-refractivity contribution >= 4 is 5.91 Å². The lowest BCUT2D eigenvalue weighted by atomic mass is 9.73. The molecule has 3 rings (SSSR count). The van der Waals surface area contributed by atoms with Crippen LogP contribution in [0.2, 0.25) is 0 Å². The summed E-state index contributed by atoms with van der Waals surface area (Å²) in [5, 5.41) is 3.48. The number of carbonyl (C=O) groups is 1. The lowest BCUT2D eigenvalue weighted by Gasteiger charge is -2.33. The Kier molecular flexibility index (Phi) is 4.88. The number of carbonyl (C=O) groups excluding carboxylic acids is 1. The fourth-order valence-corrected chi connectivity index (χ4v) is 4.79. The number of rotatable bonds is 3. The van der Waals surface area contributed by atoms with Crippen molar-refractivity contribution in [1.29, 1.82) is 0 Å². The number of amides is 1. The van der Waals surface area contributed by atoms with Crippen LogP contribution in [0.4, 0.5) is 0 Å². The van der Waals surface area contributed by atoms with E-state index in [2.05, 4.69) is 17.1 Å². The zero-order valence-corrected chi connectivity index (χ0v) is 13.7. The Bertz CT molecular complexity index is 356. The van der Waals surface area contributed by atoms with Gasteiger partial charge in [-0.1, -0.05) is 26.2 Å². The van der Waals surface area contributed by atoms with Gasteiger partial charge in [-0.25, -0.2) is 0 Å². The third kappa shape index (κ3) is 3.61. The SMILES string of the molecule is CC(CC(=O)N1CCC2(CCCCC2)C1)C1CCCNC1. The van der Waals surface area contributed by atoms with Gasteiger partial charge in [-0.3, -0.25) is 4.79 Å². The van der Waals surface area contributed by atoms with Crippen LogP contribution in [-0.4, -0.2) is 37.0 Å². The smallest absolute Gasteiger partial charge is 0.222 e. The second-order valence-corrected chi connectivity index (χ2v) is 7.91. The summed E-state index contributed by atoms with van der Waals surface area (Å²) in [6.45, 7) is 6.63. The molecule has 0 bridgehead atoms. The Labute approximate surface area is 129 Å². The molecule has 1 N–H and O–H groups in total. The quantitative estimate of drug-likeness (QED) is 0.866. The summed E-state index contributed by atoms with van der Waals surface area (Å²) < 4.78 is 0. The minimum Gasteiger partial charge on any atom is -0.342 e. The number of nitrogens with zero attached hydrogens (tertiary/aromatic N) is 1. The van der Waals surface area contributed by atoms with Crippen molar-refractivity contribution in [3.63, 3.8) is 0 Å². The first kappa shape index (κ1) is 15.3. The summed E-state index contributed by atoms with van der Waals surface area (Å²) >= 11 is 0. The summed E-state index contributed by atoms with van der Waals surface area (Å²) in [4.78, 5) is 14.8. The zero-order valence-electron chi connectivity index (χ0n) is 13.7. The van der Waals surface area contributed by atoms with Crippen LogP contribution in [0.1, 0.15) is 64.7 Å². The molecule has 1 aliphatic carbocycles. The number of hydrogen-bond acceptors (Lipinski definition) is 2. The average molecular weight is 292 g/mol. The summed E-state index contributed by atoms with van der Waals surface area (Å²) in [6.07, 6.45) is 11.5. The number of likely N-dealkylation sites (tertiary alicyclic amines) is 1. The van der Waals surface area contributed by atoms with Gasteiger partial charge in [-0.2, -0.15) is 0 Å². The molecule has 2 saturated heterocycles. The maximum Gasteiger partial charge on any atom is 0.222 e. The topological polar surface area (TPSA) is 32.3 Å². The standard InChI is InChI=1S/C18H32N2O/c1-15(16-6-5-10-19-13-16)12-17(21)20-11-9-18(14-20)7-3-2-4-8-18/h15-16,19H,2-14H2,1H3. The highest BCUT2D eigenvalue weighted by Crippen LogP contribution is 2.43. The van der Waals surface area contributed by atoms with Gasteiger partial charge in [0, 0.05) is 19.5 Å². The van der Waals surface area contributed by atoms with E-state index >= 15 is 0 Å². The van der Waals surface area contributed by atoms with Crippen molar-refractivity contribution in [3.8, 4) is 0 Å². The van der Waals surface area contributed by atoms with Gasteiger partial charge < -0.3 is 10.2 Å². The van der Waals surface area contributed by atoms with E-state index in [4.69, 9.17) is 0 Å². The molecule has 3 fully saturated rings. The molecule has 2 unspecified atom stereocenters. The van der Waals surface area contributed by atoms with Gasteiger partial charge in [-0.05, 0) is 62.4 Å². The predicted octanol–water partition coefficient (Wildman–Crippen LogP) is 3.20. The van der Waals surface area contributed by atoms with Crippen LogP contribution >= 0.6 is 0 Å². The van der Waals surface area contributed by atoms with Crippen LogP contribution < -0.4 is 5.32 Å². The van der Waals surface area contributed by atoms with Crippen molar-refractivity contribution in [2.75, 3.05) is 26.2 Å². The molecular weight excluding hydrogens is 260 g/mol. The summed E-state index contributed by atoms with van der Waals surface area (Å²) in [7, 11) is 0. The van der Waals surface area contributed by atoms with Crippen LogP contribution in [0.5, 0.6) is 0 Å². The first-order valence-corrected chi connectivity index (χ1v) is 9.17. The third-order valence-electron chi connectivity index (χ3n) is 6.34. The molecule has 2 heterocycles. The van der Waals surface area contributed by atoms with Gasteiger partial charge in [0.1, 0.15) is 0 Å². The van der Waals surface area contributed by atoms with Gasteiger partial charge in [0.2, 0.25) is 5.91 Å². The van der Waals surface area contributed by atoms with Crippen molar-refractivity contribution in [3.05, 3.63) is 0 Å². The van der Waals surface area contributed by atoms with Crippen LogP contribution in [0, 0.1) is 17.3 Å². The molecule has 21 heavy (non-hydrogen) atoms. The van der Waals surface area contributed by atoms with E-state index in [0.717, 1.165) is 32.6 Å². The fraction of sp³-hybridized carbons (Fsp3) is 0.944. The first-order chi connectivity index (χ1) is 10.2. The molecule has 120 valence electrons. The van der Waals surface area contributed by atoms with E-state index in [1.807, 2.05) is 0 Å². The molecule has 0 aromatic heterocycles. The lowest BCUT2D eigenvalue weighted by Crippen LogP contribution is -2.37. The minimum atomic E-state index is 0.426. The van der Waals surface area contributed by atoms with E-state index in [1.54, 1.807) is 0 Å². The zero-order chi connectivity index (χ0) is 14.7. The minimum absolute atomic E-state index is 0.426. The molecule has 3 nitrogen and oxygen atoms in total. The van der Waals surface area contributed by atoms with Crippen LogP contribution in [0.25, 0.3) is 0 Å².